The summed E-state index contributed by atoms with van der Waals surface area (Å²) in [4.78, 5) is 26.4. The molecule has 2 aliphatic rings. The molecule has 25 heavy (non-hydrogen) atoms. The maximum absolute atomic E-state index is 11.4. The summed E-state index contributed by atoms with van der Waals surface area (Å²) < 4.78 is 5.85. The summed E-state index contributed by atoms with van der Waals surface area (Å²) >= 11 is 0. The van der Waals surface area contributed by atoms with Gasteiger partial charge in [-0.3, -0.25) is 9.69 Å². The average molecular weight is 348 g/mol. The first-order chi connectivity index (χ1) is 11.9. The number of rotatable bonds is 4. The summed E-state index contributed by atoms with van der Waals surface area (Å²) in [7, 11) is 0. The molecule has 2 fully saturated rings. The molecule has 136 valence electrons. The van der Waals surface area contributed by atoms with Gasteiger partial charge in [-0.2, -0.15) is 0 Å². The van der Waals surface area contributed by atoms with E-state index < -0.39 is 12.1 Å². The molecule has 0 radical (unpaired) electrons. The van der Waals surface area contributed by atoms with Gasteiger partial charge in [-0.05, 0) is 37.1 Å². The molecule has 2 heterocycles. The molecule has 7 heteroatoms. The lowest BCUT2D eigenvalue weighted by molar-refractivity contribution is -0.130. The topological polar surface area (TPSA) is 90.3 Å². The van der Waals surface area contributed by atoms with Crippen molar-refractivity contribution in [2.75, 3.05) is 26.2 Å². The van der Waals surface area contributed by atoms with E-state index in [9.17, 15) is 14.7 Å². The van der Waals surface area contributed by atoms with Crippen molar-refractivity contribution >= 4 is 11.9 Å². The third-order valence-electron chi connectivity index (χ3n) is 5.08. The predicted octanol–water partition coefficient (Wildman–Crippen LogP) is 0.820. The van der Waals surface area contributed by atoms with Gasteiger partial charge in [0.25, 0.3) is 0 Å². The SMILES string of the molecule is CC(=O)N1CCC(N2C[C@@H](O)[C@H](Oc3ccc(C(=O)O)cc3)C2)CC1. The Labute approximate surface area is 146 Å². The molecule has 1 aromatic rings. The summed E-state index contributed by atoms with van der Waals surface area (Å²) in [5, 5.41) is 19.2. The third kappa shape index (κ3) is 4.11. The number of carbonyl (C=O) groups excluding carboxylic acids is 1. The number of hydrogen-bond acceptors (Lipinski definition) is 5. The highest BCUT2D eigenvalue weighted by Gasteiger charge is 2.37. The second-order valence-corrected chi connectivity index (χ2v) is 6.74. The van der Waals surface area contributed by atoms with Gasteiger partial charge in [0.15, 0.2) is 0 Å². The van der Waals surface area contributed by atoms with Crippen LogP contribution in [0.4, 0.5) is 0 Å². The quantitative estimate of drug-likeness (QED) is 0.837. The minimum atomic E-state index is -0.976. The number of benzene rings is 1. The lowest BCUT2D eigenvalue weighted by Crippen LogP contribution is -2.45. The highest BCUT2D eigenvalue weighted by molar-refractivity contribution is 5.87. The molecule has 0 bridgehead atoms. The number of piperidine rings is 1. The van der Waals surface area contributed by atoms with E-state index in [-0.39, 0.29) is 17.6 Å². The molecule has 0 saturated carbocycles. The minimum absolute atomic E-state index is 0.117. The van der Waals surface area contributed by atoms with Gasteiger partial charge in [0, 0.05) is 39.1 Å². The second kappa shape index (κ2) is 7.41. The van der Waals surface area contributed by atoms with Crippen LogP contribution in [-0.4, -0.2) is 76.3 Å². The van der Waals surface area contributed by atoms with Gasteiger partial charge in [0.1, 0.15) is 18.0 Å². The summed E-state index contributed by atoms with van der Waals surface area (Å²) in [5.41, 5.74) is 0.207. The number of aromatic carboxylic acids is 1. The monoisotopic (exact) mass is 348 g/mol. The van der Waals surface area contributed by atoms with Crippen molar-refractivity contribution in [1.82, 2.24) is 9.80 Å². The van der Waals surface area contributed by atoms with Gasteiger partial charge < -0.3 is 19.8 Å². The highest BCUT2D eigenvalue weighted by Crippen LogP contribution is 2.25. The number of carboxylic acids is 1. The van der Waals surface area contributed by atoms with E-state index in [0.717, 1.165) is 25.9 Å². The Morgan fingerprint density at radius 3 is 2.32 bits per heavy atom. The van der Waals surface area contributed by atoms with Crippen molar-refractivity contribution in [3.05, 3.63) is 29.8 Å². The number of carbonyl (C=O) groups is 2. The lowest BCUT2D eigenvalue weighted by Gasteiger charge is -2.36. The number of hydrogen-bond donors (Lipinski definition) is 2. The Morgan fingerprint density at radius 2 is 1.76 bits per heavy atom. The Balaban J connectivity index is 1.55. The van der Waals surface area contributed by atoms with Crippen molar-refractivity contribution in [2.24, 2.45) is 0 Å². The summed E-state index contributed by atoms with van der Waals surface area (Å²) in [5.74, 6) is -0.302. The van der Waals surface area contributed by atoms with E-state index in [1.807, 2.05) is 4.90 Å². The maximum atomic E-state index is 11.4. The van der Waals surface area contributed by atoms with Gasteiger partial charge in [-0.15, -0.1) is 0 Å². The normalized spacial score (nSPS) is 25.1. The number of β-amino-alcohol motifs (C(OH)–C–C–N with tert-alkyl or cyclic N) is 1. The van der Waals surface area contributed by atoms with E-state index in [4.69, 9.17) is 9.84 Å². The first-order valence-electron chi connectivity index (χ1n) is 8.61. The largest absolute Gasteiger partial charge is 0.486 e. The van der Waals surface area contributed by atoms with E-state index >= 15 is 0 Å². The number of aliphatic hydroxyl groups excluding tert-OH is 1. The molecule has 0 aromatic heterocycles. The number of aliphatic hydroxyl groups is 1. The number of ether oxygens (including phenoxy) is 1. The average Bonchev–Trinajstić information content (AvgIpc) is 2.96. The zero-order valence-corrected chi connectivity index (χ0v) is 14.3. The van der Waals surface area contributed by atoms with E-state index in [1.165, 1.54) is 12.1 Å². The van der Waals surface area contributed by atoms with Crippen LogP contribution in [0, 0.1) is 0 Å². The first-order valence-corrected chi connectivity index (χ1v) is 8.61. The Morgan fingerprint density at radius 1 is 1.12 bits per heavy atom. The second-order valence-electron chi connectivity index (χ2n) is 6.74. The molecule has 7 nitrogen and oxygen atoms in total. The molecule has 1 amide bonds. The van der Waals surface area contributed by atoms with E-state index in [0.29, 0.717) is 24.9 Å². The van der Waals surface area contributed by atoms with Crippen LogP contribution in [0.2, 0.25) is 0 Å². The molecular formula is C18H24N2O5. The molecule has 0 aliphatic carbocycles. The molecule has 1 aromatic carbocycles. The van der Waals surface area contributed by atoms with Gasteiger partial charge in [-0.25, -0.2) is 4.79 Å². The van der Waals surface area contributed by atoms with E-state index in [2.05, 4.69) is 4.90 Å². The Bertz CT molecular complexity index is 625. The van der Waals surface area contributed by atoms with Crippen molar-refractivity contribution in [3.8, 4) is 5.75 Å². The standard InChI is InChI=1S/C18H24N2O5/c1-12(21)19-8-6-14(7-9-19)20-10-16(22)17(11-20)25-15-4-2-13(3-5-15)18(23)24/h2-5,14,16-17,22H,6-11H2,1H3,(H,23,24)/t16-,17-/m1/s1. The molecular weight excluding hydrogens is 324 g/mol. The molecule has 0 spiro atoms. The van der Waals surface area contributed by atoms with Gasteiger partial charge in [-0.1, -0.05) is 0 Å². The van der Waals surface area contributed by atoms with Crippen LogP contribution < -0.4 is 4.74 Å². The number of carboxylic acid groups (broad SMARTS) is 1. The Kier molecular flexibility index (Phi) is 5.24. The van der Waals surface area contributed by atoms with Gasteiger partial charge >= 0.3 is 5.97 Å². The fraction of sp³-hybridized carbons (Fsp3) is 0.556. The van der Waals surface area contributed by atoms with Crippen LogP contribution in [0.1, 0.15) is 30.1 Å². The van der Waals surface area contributed by atoms with Crippen LogP contribution in [-0.2, 0) is 4.79 Å². The van der Waals surface area contributed by atoms with Gasteiger partial charge in [0.2, 0.25) is 5.91 Å². The number of amides is 1. The van der Waals surface area contributed by atoms with Crippen LogP contribution in [0.5, 0.6) is 5.75 Å². The van der Waals surface area contributed by atoms with Crippen molar-refractivity contribution < 1.29 is 24.5 Å². The van der Waals surface area contributed by atoms with E-state index in [1.54, 1.807) is 19.1 Å². The highest BCUT2D eigenvalue weighted by atomic mass is 16.5. The molecule has 2 aliphatic heterocycles. The predicted molar refractivity (Wildman–Crippen MR) is 90.7 cm³/mol. The number of likely N-dealkylation sites (tertiary alicyclic amines) is 2. The fourth-order valence-electron chi connectivity index (χ4n) is 3.60. The molecule has 3 rings (SSSR count). The zero-order valence-electron chi connectivity index (χ0n) is 14.3. The Hall–Kier alpha value is -2.12. The molecule has 2 atom stereocenters. The molecule has 2 N–H and O–H groups in total. The van der Waals surface area contributed by atoms with Crippen molar-refractivity contribution in [3.63, 3.8) is 0 Å². The molecule has 0 unspecified atom stereocenters. The van der Waals surface area contributed by atoms with Crippen LogP contribution in [0.15, 0.2) is 24.3 Å². The third-order valence-corrected chi connectivity index (χ3v) is 5.08. The lowest BCUT2D eigenvalue weighted by atomic mass is 10.0. The van der Waals surface area contributed by atoms with Gasteiger partial charge in [0.05, 0.1) is 5.56 Å². The first kappa shape index (κ1) is 17.7. The van der Waals surface area contributed by atoms with Crippen LogP contribution >= 0.6 is 0 Å². The maximum Gasteiger partial charge on any atom is 0.335 e. The summed E-state index contributed by atoms with van der Waals surface area (Å²) in [6.45, 7) is 4.30. The van der Waals surface area contributed by atoms with Crippen molar-refractivity contribution in [2.45, 2.75) is 38.0 Å². The number of nitrogens with zero attached hydrogens (tertiary/aromatic N) is 2. The fourth-order valence-corrected chi connectivity index (χ4v) is 3.60. The molecule has 2 saturated heterocycles. The zero-order chi connectivity index (χ0) is 18.0. The smallest absolute Gasteiger partial charge is 0.335 e. The van der Waals surface area contributed by atoms with Crippen molar-refractivity contribution in [1.29, 1.82) is 0 Å². The van der Waals surface area contributed by atoms with Crippen LogP contribution in [0.3, 0.4) is 0 Å². The summed E-state index contributed by atoms with van der Waals surface area (Å²) in [6, 6.07) is 6.57. The minimum Gasteiger partial charge on any atom is -0.486 e. The van der Waals surface area contributed by atoms with Crippen LogP contribution in [0.25, 0.3) is 0 Å². The summed E-state index contributed by atoms with van der Waals surface area (Å²) in [6.07, 6.45) is 0.907.